The Hall–Kier alpha value is 0.0200. The number of hydrogen-bond acceptors (Lipinski definition) is 1. The highest BCUT2D eigenvalue weighted by atomic mass is 32.1. The number of thiol groups is 1. The standard InChI is InChI=1S/C6H10OS/c7-6(8)4-3-5-1-2-5/h5H,1-4H2,(H,7,8). The molecule has 8 heavy (non-hydrogen) atoms. The van der Waals surface area contributed by atoms with E-state index in [2.05, 4.69) is 12.6 Å². The van der Waals surface area contributed by atoms with Crippen LogP contribution in [0.5, 0.6) is 0 Å². The molecule has 1 saturated carbocycles. The molecule has 0 aliphatic heterocycles. The molecule has 1 fully saturated rings. The van der Waals surface area contributed by atoms with E-state index in [0.717, 1.165) is 12.3 Å². The second-order valence-electron chi connectivity index (χ2n) is 2.38. The van der Waals surface area contributed by atoms with Crippen LogP contribution in [0.1, 0.15) is 25.7 Å². The van der Waals surface area contributed by atoms with Gasteiger partial charge in [0.05, 0.1) is 0 Å². The SMILES string of the molecule is O=C(S)CCC1CC1. The van der Waals surface area contributed by atoms with Crippen molar-refractivity contribution in [3.63, 3.8) is 0 Å². The summed E-state index contributed by atoms with van der Waals surface area (Å²) in [5.41, 5.74) is 0. The van der Waals surface area contributed by atoms with Crippen LogP contribution in [0.2, 0.25) is 0 Å². The van der Waals surface area contributed by atoms with E-state index in [1.54, 1.807) is 0 Å². The van der Waals surface area contributed by atoms with Gasteiger partial charge in [0.25, 0.3) is 0 Å². The van der Waals surface area contributed by atoms with E-state index in [0.29, 0.717) is 6.42 Å². The van der Waals surface area contributed by atoms with E-state index in [1.807, 2.05) is 0 Å². The largest absolute Gasteiger partial charge is 0.288 e. The quantitative estimate of drug-likeness (QED) is 0.575. The Balaban J connectivity index is 1.95. The summed E-state index contributed by atoms with van der Waals surface area (Å²) in [6.45, 7) is 0. The molecular weight excluding hydrogens is 120 g/mol. The summed E-state index contributed by atoms with van der Waals surface area (Å²) < 4.78 is 0. The summed E-state index contributed by atoms with van der Waals surface area (Å²) in [7, 11) is 0. The Bertz CT molecular complexity index is 96.7. The highest BCUT2D eigenvalue weighted by molar-refractivity contribution is 7.96. The normalized spacial score (nSPS) is 18.6. The fraction of sp³-hybridized carbons (Fsp3) is 0.833. The van der Waals surface area contributed by atoms with Gasteiger partial charge in [0, 0.05) is 6.42 Å². The Morgan fingerprint density at radius 1 is 1.62 bits per heavy atom. The molecule has 0 aromatic heterocycles. The molecule has 0 aromatic rings. The summed E-state index contributed by atoms with van der Waals surface area (Å²) >= 11 is 3.66. The second kappa shape index (κ2) is 2.53. The van der Waals surface area contributed by atoms with Gasteiger partial charge in [0.1, 0.15) is 0 Å². The first-order valence-corrected chi connectivity index (χ1v) is 3.45. The third kappa shape index (κ3) is 2.36. The molecule has 1 rings (SSSR count). The minimum Gasteiger partial charge on any atom is -0.288 e. The number of carbonyl (C=O) groups excluding carboxylic acids is 1. The van der Waals surface area contributed by atoms with E-state index in [-0.39, 0.29) is 5.12 Å². The van der Waals surface area contributed by atoms with E-state index >= 15 is 0 Å². The second-order valence-corrected chi connectivity index (χ2v) is 2.87. The third-order valence-corrected chi connectivity index (χ3v) is 1.69. The first-order valence-electron chi connectivity index (χ1n) is 3.01. The molecule has 46 valence electrons. The Labute approximate surface area is 54.9 Å². The first kappa shape index (κ1) is 6.14. The van der Waals surface area contributed by atoms with E-state index in [4.69, 9.17) is 0 Å². The van der Waals surface area contributed by atoms with Gasteiger partial charge in [-0.25, -0.2) is 0 Å². The van der Waals surface area contributed by atoms with Crippen LogP contribution in [0.25, 0.3) is 0 Å². The molecule has 0 aromatic carbocycles. The Morgan fingerprint density at radius 3 is 2.62 bits per heavy atom. The molecule has 1 nitrogen and oxygen atoms in total. The van der Waals surface area contributed by atoms with Crippen LogP contribution < -0.4 is 0 Å². The van der Waals surface area contributed by atoms with Gasteiger partial charge >= 0.3 is 0 Å². The van der Waals surface area contributed by atoms with Crippen molar-refractivity contribution < 1.29 is 4.79 Å². The molecule has 0 atom stereocenters. The molecule has 0 unspecified atom stereocenters. The fourth-order valence-corrected chi connectivity index (χ4v) is 0.863. The molecular formula is C6H10OS. The zero-order chi connectivity index (χ0) is 5.98. The van der Waals surface area contributed by atoms with Crippen LogP contribution in [0.3, 0.4) is 0 Å². The number of carbonyl (C=O) groups is 1. The Morgan fingerprint density at radius 2 is 2.25 bits per heavy atom. The summed E-state index contributed by atoms with van der Waals surface area (Å²) in [5.74, 6) is 0.867. The minimum absolute atomic E-state index is 0.0388. The lowest BCUT2D eigenvalue weighted by atomic mass is 10.2. The van der Waals surface area contributed by atoms with Gasteiger partial charge in [0.15, 0.2) is 5.12 Å². The lowest BCUT2D eigenvalue weighted by Crippen LogP contribution is -1.85. The van der Waals surface area contributed by atoms with Crippen LogP contribution in [0.15, 0.2) is 0 Å². The number of hydrogen-bond donors (Lipinski definition) is 1. The maximum absolute atomic E-state index is 10.2. The zero-order valence-corrected chi connectivity index (χ0v) is 5.66. The molecule has 2 heteroatoms. The molecule has 0 spiro atoms. The fourth-order valence-electron chi connectivity index (χ4n) is 0.734. The molecule has 0 saturated heterocycles. The van der Waals surface area contributed by atoms with E-state index in [9.17, 15) is 4.79 Å². The van der Waals surface area contributed by atoms with Crippen LogP contribution in [0.4, 0.5) is 0 Å². The van der Waals surface area contributed by atoms with Crippen molar-refractivity contribution >= 4 is 17.7 Å². The summed E-state index contributed by atoms with van der Waals surface area (Å²) in [6, 6.07) is 0. The highest BCUT2D eigenvalue weighted by Gasteiger charge is 2.20. The predicted octanol–water partition coefficient (Wildman–Crippen LogP) is 1.63. The van der Waals surface area contributed by atoms with E-state index in [1.165, 1.54) is 12.8 Å². The zero-order valence-electron chi connectivity index (χ0n) is 4.76. The molecule has 1 aliphatic rings. The Kier molecular flexibility index (Phi) is 1.95. The van der Waals surface area contributed by atoms with Crippen molar-refractivity contribution in [2.45, 2.75) is 25.7 Å². The van der Waals surface area contributed by atoms with E-state index < -0.39 is 0 Å². The predicted molar refractivity (Wildman–Crippen MR) is 36.0 cm³/mol. The van der Waals surface area contributed by atoms with Gasteiger partial charge in [-0.2, -0.15) is 0 Å². The lowest BCUT2D eigenvalue weighted by molar-refractivity contribution is -0.110. The van der Waals surface area contributed by atoms with Crippen molar-refractivity contribution in [1.82, 2.24) is 0 Å². The van der Waals surface area contributed by atoms with Crippen molar-refractivity contribution in [3.8, 4) is 0 Å². The van der Waals surface area contributed by atoms with Gasteiger partial charge in [-0.15, -0.1) is 12.6 Å². The van der Waals surface area contributed by atoms with Gasteiger partial charge in [-0.05, 0) is 12.3 Å². The van der Waals surface area contributed by atoms with Crippen molar-refractivity contribution in [1.29, 1.82) is 0 Å². The maximum atomic E-state index is 10.2. The van der Waals surface area contributed by atoms with Crippen molar-refractivity contribution in [3.05, 3.63) is 0 Å². The topological polar surface area (TPSA) is 17.1 Å². The van der Waals surface area contributed by atoms with Crippen molar-refractivity contribution in [2.24, 2.45) is 5.92 Å². The molecule has 0 bridgehead atoms. The summed E-state index contributed by atoms with van der Waals surface area (Å²) in [6.07, 6.45) is 4.41. The highest BCUT2D eigenvalue weighted by Crippen LogP contribution is 2.33. The number of rotatable bonds is 3. The lowest BCUT2D eigenvalue weighted by Gasteiger charge is -1.88. The average molecular weight is 130 g/mol. The van der Waals surface area contributed by atoms with Crippen LogP contribution in [0, 0.1) is 5.92 Å². The minimum atomic E-state index is 0.0388. The maximum Gasteiger partial charge on any atom is 0.185 e. The monoisotopic (exact) mass is 130 g/mol. The van der Waals surface area contributed by atoms with Crippen LogP contribution >= 0.6 is 12.6 Å². The molecule has 0 radical (unpaired) electrons. The van der Waals surface area contributed by atoms with Crippen LogP contribution in [-0.4, -0.2) is 5.12 Å². The van der Waals surface area contributed by atoms with Gasteiger partial charge < -0.3 is 0 Å². The molecule has 0 heterocycles. The average Bonchev–Trinajstić information content (AvgIpc) is 2.41. The van der Waals surface area contributed by atoms with Crippen molar-refractivity contribution in [2.75, 3.05) is 0 Å². The smallest absolute Gasteiger partial charge is 0.185 e. The van der Waals surface area contributed by atoms with Crippen LogP contribution in [-0.2, 0) is 4.79 Å². The van der Waals surface area contributed by atoms with Gasteiger partial charge in [-0.1, -0.05) is 12.8 Å². The molecule has 0 N–H and O–H groups in total. The van der Waals surface area contributed by atoms with Gasteiger partial charge in [-0.3, -0.25) is 4.79 Å². The summed E-state index contributed by atoms with van der Waals surface area (Å²) in [5, 5.41) is 0.0388. The molecule has 0 amide bonds. The third-order valence-electron chi connectivity index (χ3n) is 1.46. The first-order chi connectivity index (χ1) is 3.79. The summed E-state index contributed by atoms with van der Waals surface area (Å²) in [4.78, 5) is 10.2. The van der Waals surface area contributed by atoms with Gasteiger partial charge in [0.2, 0.25) is 0 Å². The molecule has 1 aliphatic carbocycles.